The van der Waals surface area contributed by atoms with Crippen LogP contribution in [0.5, 0.6) is 0 Å². The number of anilines is 1. The number of furan rings is 1. The van der Waals surface area contributed by atoms with Crippen molar-refractivity contribution in [3.05, 3.63) is 48.3 Å². The van der Waals surface area contributed by atoms with Gasteiger partial charge in [0, 0.05) is 61.6 Å². The van der Waals surface area contributed by atoms with Gasteiger partial charge in [0.25, 0.3) is 0 Å². The summed E-state index contributed by atoms with van der Waals surface area (Å²) < 4.78 is 12.0. The molecule has 1 spiro atoms. The number of aromatic nitrogens is 4. The molecule has 0 amide bonds. The summed E-state index contributed by atoms with van der Waals surface area (Å²) in [5.74, 6) is 1.52. The van der Waals surface area contributed by atoms with Gasteiger partial charge in [0.2, 0.25) is 5.71 Å². The third kappa shape index (κ3) is 3.99. The van der Waals surface area contributed by atoms with Crippen LogP contribution in [0.1, 0.15) is 18.4 Å². The Bertz CT molecular complexity index is 1690. The topological polar surface area (TPSA) is 86.5 Å². The zero-order valence-electron chi connectivity index (χ0n) is 22.3. The Hall–Kier alpha value is -3.53. The van der Waals surface area contributed by atoms with Crippen LogP contribution in [0.2, 0.25) is 0 Å². The molecule has 1 atom stereocenters. The lowest BCUT2D eigenvalue weighted by molar-refractivity contribution is 0.122. The van der Waals surface area contributed by atoms with Crippen molar-refractivity contribution in [3.8, 4) is 11.4 Å². The molecule has 1 aromatic carbocycles. The van der Waals surface area contributed by atoms with E-state index in [9.17, 15) is 0 Å². The second-order valence-electron chi connectivity index (χ2n) is 11.6. The largest absolute Gasteiger partial charge is 0.432 e. The van der Waals surface area contributed by atoms with Crippen LogP contribution in [0.25, 0.3) is 44.5 Å². The van der Waals surface area contributed by atoms with E-state index in [1.54, 1.807) is 0 Å². The van der Waals surface area contributed by atoms with Gasteiger partial charge in [-0.1, -0.05) is 12.1 Å². The Labute approximate surface area is 226 Å². The number of likely N-dealkylation sites (tertiary alicyclic amines) is 2. The maximum absolute atomic E-state index is 6.37. The molecule has 0 radical (unpaired) electrons. The van der Waals surface area contributed by atoms with Gasteiger partial charge in [0.05, 0.1) is 18.6 Å². The molecule has 3 saturated heterocycles. The highest BCUT2D eigenvalue weighted by atomic mass is 16.5. The number of pyridine rings is 1. The summed E-state index contributed by atoms with van der Waals surface area (Å²) in [6.07, 6.45) is 6.53. The zero-order valence-corrected chi connectivity index (χ0v) is 22.3. The number of hydrogen-bond acceptors (Lipinski definition) is 8. The SMILES string of the molecule is CN1CCC2(CCN(Cc3cnc4oc5c(N6CCOCC6)nc(-c6cccc7[nH]ccc67)nc5c4c3)C2)C1. The summed E-state index contributed by atoms with van der Waals surface area (Å²) >= 11 is 0. The van der Waals surface area contributed by atoms with Crippen molar-refractivity contribution in [1.29, 1.82) is 0 Å². The predicted molar refractivity (Wildman–Crippen MR) is 152 cm³/mol. The molecule has 3 aliphatic heterocycles. The molecule has 8 rings (SSSR count). The maximum atomic E-state index is 6.37. The minimum atomic E-state index is 0.461. The van der Waals surface area contributed by atoms with E-state index in [1.165, 1.54) is 31.5 Å². The van der Waals surface area contributed by atoms with Gasteiger partial charge >= 0.3 is 0 Å². The third-order valence-electron chi connectivity index (χ3n) is 8.91. The molecule has 39 heavy (non-hydrogen) atoms. The first kappa shape index (κ1) is 23.4. The smallest absolute Gasteiger partial charge is 0.229 e. The number of morpholine rings is 1. The number of fused-ring (bicyclic) bond motifs is 4. The first-order valence-electron chi connectivity index (χ1n) is 14.0. The van der Waals surface area contributed by atoms with Crippen LogP contribution < -0.4 is 4.90 Å². The van der Waals surface area contributed by atoms with Crippen LogP contribution in [-0.4, -0.2) is 89.3 Å². The van der Waals surface area contributed by atoms with Crippen molar-refractivity contribution >= 4 is 38.9 Å². The molecular weight excluding hydrogens is 490 g/mol. The van der Waals surface area contributed by atoms with Gasteiger partial charge < -0.3 is 23.9 Å². The van der Waals surface area contributed by atoms with Gasteiger partial charge in [-0.05, 0) is 62.2 Å². The molecule has 3 fully saturated rings. The fourth-order valence-corrected chi connectivity index (χ4v) is 6.95. The summed E-state index contributed by atoms with van der Waals surface area (Å²) in [6, 6.07) is 10.5. The van der Waals surface area contributed by atoms with Gasteiger partial charge in [-0.3, -0.25) is 4.90 Å². The van der Waals surface area contributed by atoms with Crippen LogP contribution in [0.15, 0.2) is 47.1 Å². The minimum absolute atomic E-state index is 0.461. The average molecular weight is 524 g/mol. The molecule has 0 aliphatic carbocycles. The third-order valence-corrected chi connectivity index (χ3v) is 8.91. The van der Waals surface area contributed by atoms with Gasteiger partial charge in [-0.15, -0.1) is 0 Å². The molecule has 4 aromatic heterocycles. The fourth-order valence-electron chi connectivity index (χ4n) is 6.95. The molecule has 0 saturated carbocycles. The zero-order chi connectivity index (χ0) is 26.0. The first-order chi connectivity index (χ1) is 19.1. The molecule has 200 valence electrons. The van der Waals surface area contributed by atoms with E-state index in [1.807, 2.05) is 18.5 Å². The van der Waals surface area contributed by atoms with E-state index in [-0.39, 0.29) is 0 Å². The van der Waals surface area contributed by atoms with Crippen LogP contribution in [0.3, 0.4) is 0 Å². The summed E-state index contributed by atoms with van der Waals surface area (Å²) in [5, 5.41) is 2.06. The van der Waals surface area contributed by atoms with E-state index >= 15 is 0 Å². The Morgan fingerprint density at radius 1 is 1.00 bits per heavy atom. The Balaban J connectivity index is 1.22. The monoisotopic (exact) mass is 523 g/mol. The summed E-state index contributed by atoms with van der Waals surface area (Å²) in [6.45, 7) is 8.51. The number of nitrogens with one attached hydrogen (secondary N) is 1. The molecular formula is C30H33N7O2. The van der Waals surface area contributed by atoms with E-state index in [0.717, 1.165) is 65.9 Å². The number of ether oxygens (including phenoxy) is 1. The number of hydrogen-bond donors (Lipinski definition) is 1. The van der Waals surface area contributed by atoms with Crippen molar-refractivity contribution in [3.63, 3.8) is 0 Å². The lowest BCUT2D eigenvalue weighted by Crippen LogP contribution is -2.37. The van der Waals surface area contributed by atoms with Crippen molar-refractivity contribution in [2.75, 3.05) is 64.4 Å². The van der Waals surface area contributed by atoms with Gasteiger partial charge in [0.1, 0.15) is 5.52 Å². The quantitative estimate of drug-likeness (QED) is 0.374. The summed E-state index contributed by atoms with van der Waals surface area (Å²) in [7, 11) is 2.25. The minimum Gasteiger partial charge on any atom is -0.432 e. The molecule has 5 aromatic rings. The summed E-state index contributed by atoms with van der Waals surface area (Å²) in [5.41, 5.74) is 5.89. The highest BCUT2D eigenvalue weighted by Crippen LogP contribution is 2.40. The average Bonchev–Trinajstić information content (AvgIpc) is 3.75. The van der Waals surface area contributed by atoms with E-state index in [2.05, 4.69) is 51.0 Å². The standard InChI is InChI=1S/C30H33N7O2/c1-35-9-6-30(18-35)7-10-36(19-30)17-20-15-23-25-26(39-29(23)32-16-20)28(37-11-13-38-14-12-37)34-27(33-25)22-3-2-4-24-21(22)5-8-31-24/h2-5,8,15-16,31H,6-7,9-14,17-19H2,1H3. The predicted octanol–water partition coefficient (Wildman–Crippen LogP) is 4.28. The first-order valence-corrected chi connectivity index (χ1v) is 14.0. The van der Waals surface area contributed by atoms with Crippen molar-refractivity contribution in [2.45, 2.75) is 19.4 Å². The van der Waals surface area contributed by atoms with Crippen LogP contribution in [0.4, 0.5) is 5.82 Å². The normalized spacial score (nSPS) is 22.8. The van der Waals surface area contributed by atoms with E-state index in [0.29, 0.717) is 35.7 Å². The molecule has 0 bridgehead atoms. The Morgan fingerprint density at radius 3 is 2.77 bits per heavy atom. The van der Waals surface area contributed by atoms with Crippen molar-refractivity contribution in [2.24, 2.45) is 5.41 Å². The molecule has 1 N–H and O–H groups in total. The second kappa shape index (κ2) is 9.01. The number of rotatable bonds is 4. The number of benzene rings is 1. The molecule has 9 heteroatoms. The molecule has 7 heterocycles. The van der Waals surface area contributed by atoms with E-state index < -0.39 is 0 Å². The van der Waals surface area contributed by atoms with Crippen LogP contribution >= 0.6 is 0 Å². The summed E-state index contributed by atoms with van der Waals surface area (Å²) in [4.78, 5) is 25.6. The molecule has 9 nitrogen and oxygen atoms in total. The second-order valence-corrected chi connectivity index (χ2v) is 11.6. The highest BCUT2D eigenvalue weighted by Gasteiger charge is 2.42. The van der Waals surface area contributed by atoms with Gasteiger partial charge in [-0.2, -0.15) is 0 Å². The molecule has 1 unspecified atom stereocenters. The number of H-pyrrole nitrogens is 1. The Kier molecular flexibility index (Phi) is 5.40. The van der Waals surface area contributed by atoms with Crippen LogP contribution in [-0.2, 0) is 11.3 Å². The lowest BCUT2D eigenvalue weighted by Gasteiger charge is -2.27. The maximum Gasteiger partial charge on any atom is 0.229 e. The fraction of sp³-hybridized carbons (Fsp3) is 0.433. The highest BCUT2D eigenvalue weighted by molar-refractivity contribution is 6.06. The lowest BCUT2D eigenvalue weighted by atomic mass is 9.86. The number of aromatic amines is 1. The van der Waals surface area contributed by atoms with Gasteiger partial charge in [0.15, 0.2) is 17.2 Å². The van der Waals surface area contributed by atoms with Crippen molar-refractivity contribution < 1.29 is 9.15 Å². The number of nitrogens with zero attached hydrogens (tertiary/aromatic N) is 6. The Morgan fingerprint density at radius 2 is 1.90 bits per heavy atom. The van der Waals surface area contributed by atoms with Crippen LogP contribution in [0, 0.1) is 5.41 Å². The van der Waals surface area contributed by atoms with Gasteiger partial charge in [-0.25, -0.2) is 15.0 Å². The van der Waals surface area contributed by atoms with E-state index in [4.69, 9.17) is 24.1 Å². The van der Waals surface area contributed by atoms with Crippen molar-refractivity contribution in [1.82, 2.24) is 29.7 Å². The molecule has 3 aliphatic rings.